The van der Waals surface area contributed by atoms with Gasteiger partial charge in [-0.15, -0.1) is 0 Å². The van der Waals surface area contributed by atoms with Crippen LogP contribution in [0.1, 0.15) is 24.0 Å². The van der Waals surface area contributed by atoms with Crippen molar-refractivity contribution in [2.24, 2.45) is 11.0 Å². The van der Waals surface area contributed by atoms with Crippen LogP contribution in [0.5, 0.6) is 0 Å². The van der Waals surface area contributed by atoms with E-state index in [4.69, 9.17) is 0 Å². The van der Waals surface area contributed by atoms with Crippen LogP contribution in [0, 0.1) is 16.0 Å². The predicted molar refractivity (Wildman–Crippen MR) is 115 cm³/mol. The molecule has 1 saturated heterocycles. The summed E-state index contributed by atoms with van der Waals surface area (Å²) in [6.45, 7) is 2.34. The van der Waals surface area contributed by atoms with Gasteiger partial charge in [-0.1, -0.05) is 30.3 Å². The molecule has 0 aliphatic carbocycles. The van der Waals surface area contributed by atoms with E-state index in [1.807, 2.05) is 30.5 Å². The highest BCUT2D eigenvalue weighted by molar-refractivity contribution is 5.99. The van der Waals surface area contributed by atoms with Gasteiger partial charge in [-0.05, 0) is 37.6 Å². The molecule has 8 heteroatoms. The fraction of sp³-hybridized carbons (Fsp3) is 0.273. The number of nitro groups is 1. The van der Waals surface area contributed by atoms with Crippen molar-refractivity contribution in [3.05, 3.63) is 76.0 Å². The van der Waals surface area contributed by atoms with E-state index in [1.165, 1.54) is 12.1 Å². The maximum Gasteiger partial charge on any atom is 0.269 e. The molecule has 2 aromatic carbocycles. The number of para-hydroxylation sites is 1. The van der Waals surface area contributed by atoms with E-state index in [0.29, 0.717) is 0 Å². The Labute approximate surface area is 173 Å². The van der Waals surface area contributed by atoms with Gasteiger partial charge in [0, 0.05) is 47.3 Å². The van der Waals surface area contributed by atoms with Gasteiger partial charge in [-0.2, -0.15) is 5.10 Å². The van der Waals surface area contributed by atoms with Gasteiger partial charge in [0.2, 0.25) is 5.91 Å². The van der Waals surface area contributed by atoms with Gasteiger partial charge < -0.3 is 4.98 Å². The molecule has 0 atom stereocenters. The molecule has 0 bridgehead atoms. The number of carbonyl (C=O) groups is 1. The highest BCUT2D eigenvalue weighted by Gasteiger charge is 2.24. The summed E-state index contributed by atoms with van der Waals surface area (Å²) in [4.78, 5) is 28.2. The topological polar surface area (TPSA) is 104 Å². The number of non-ortho nitro benzene ring substituents is 1. The van der Waals surface area contributed by atoms with Crippen LogP contribution in [0.2, 0.25) is 0 Å². The molecule has 1 amide bonds. The number of fused-ring (bicyclic) bond motifs is 1. The normalized spacial score (nSPS) is 15.6. The van der Waals surface area contributed by atoms with Crippen LogP contribution >= 0.6 is 0 Å². The number of aromatic nitrogens is 1. The van der Waals surface area contributed by atoms with Crippen molar-refractivity contribution in [2.45, 2.75) is 19.4 Å². The molecular weight excluding hydrogens is 382 g/mol. The molecule has 1 aliphatic heterocycles. The van der Waals surface area contributed by atoms with Crippen molar-refractivity contribution in [1.82, 2.24) is 15.3 Å². The summed E-state index contributed by atoms with van der Waals surface area (Å²) < 4.78 is 0. The molecule has 8 nitrogen and oxygen atoms in total. The summed E-state index contributed by atoms with van der Waals surface area (Å²) in [5, 5.41) is 15.9. The third-order valence-corrected chi connectivity index (χ3v) is 5.51. The summed E-state index contributed by atoms with van der Waals surface area (Å²) in [6.07, 6.45) is 5.07. The minimum Gasteiger partial charge on any atom is -0.361 e. The lowest BCUT2D eigenvalue weighted by atomic mass is 9.96. The Morgan fingerprint density at radius 1 is 1.20 bits per heavy atom. The molecular formula is C22H23N5O3. The fourth-order valence-electron chi connectivity index (χ4n) is 3.79. The molecule has 4 rings (SSSR count). The molecule has 2 N–H and O–H groups in total. The van der Waals surface area contributed by atoms with Crippen molar-refractivity contribution < 1.29 is 9.72 Å². The molecule has 0 saturated carbocycles. The highest BCUT2D eigenvalue weighted by Crippen LogP contribution is 2.20. The molecule has 2 heterocycles. The Morgan fingerprint density at radius 2 is 1.93 bits per heavy atom. The van der Waals surface area contributed by atoms with Gasteiger partial charge >= 0.3 is 0 Å². The first-order valence-electron chi connectivity index (χ1n) is 9.95. The molecule has 1 aliphatic rings. The van der Waals surface area contributed by atoms with E-state index >= 15 is 0 Å². The van der Waals surface area contributed by atoms with Crippen molar-refractivity contribution >= 4 is 28.7 Å². The second-order valence-corrected chi connectivity index (χ2v) is 7.50. The number of benzene rings is 2. The first-order chi connectivity index (χ1) is 14.6. The van der Waals surface area contributed by atoms with Crippen molar-refractivity contribution in [2.75, 3.05) is 13.1 Å². The van der Waals surface area contributed by atoms with Gasteiger partial charge in [-0.3, -0.25) is 19.8 Å². The number of amides is 1. The van der Waals surface area contributed by atoms with E-state index in [1.54, 1.807) is 18.3 Å². The molecule has 154 valence electrons. The maximum atomic E-state index is 12.4. The van der Waals surface area contributed by atoms with Crippen LogP contribution in [-0.4, -0.2) is 40.0 Å². The Morgan fingerprint density at radius 3 is 2.67 bits per heavy atom. The largest absolute Gasteiger partial charge is 0.361 e. The van der Waals surface area contributed by atoms with E-state index < -0.39 is 4.92 Å². The standard InChI is InChI=1S/C22H23N5O3/c28-22(25-24-14-18-13-23-21-4-2-1-3-20(18)21)17-9-11-26(12-10-17)15-16-5-7-19(8-6-16)27(29)30/h1-8,13-14,17,23H,9-12,15H2,(H,25,28)/b24-14-. The number of nitro benzene ring substituents is 1. The number of carbonyl (C=O) groups excluding carboxylic acids is 1. The van der Waals surface area contributed by atoms with Crippen LogP contribution in [0.3, 0.4) is 0 Å². The number of nitrogens with one attached hydrogen (secondary N) is 2. The minimum atomic E-state index is -0.394. The second-order valence-electron chi connectivity index (χ2n) is 7.50. The Bertz CT molecular complexity index is 1070. The molecule has 0 radical (unpaired) electrons. The fourth-order valence-corrected chi connectivity index (χ4v) is 3.79. The van der Waals surface area contributed by atoms with Gasteiger partial charge in [0.15, 0.2) is 0 Å². The van der Waals surface area contributed by atoms with Gasteiger partial charge in [0.1, 0.15) is 0 Å². The van der Waals surface area contributed by atoms with E-state index in [9.17, 15) is 14.9 Å². The quantitative estimate of drug-likeness (QED) is 0.372. The maximum absolute atomic E-state index is 12.4. The number of nitrogens with zero attached hydrogens (tertiary/aromatic N) is 3. The minimum absolute atomic E-state index is 0.0546. The van der Waals surface area contributed by atoms with Crippen LogP contribution in [-0.2, 0) is 11.3 Å². The Kier molecular flexibility index (Phi) is 5.85. The summed E-state index contributed by atoms with van der Waals surface area (Å²) in [5.41, 5.74) is 5.77. The van der Waals surface area contributed by atoms with E-state index in [2.05, 4.69) is 20.4 Å². The average Bonchev–Trinajstić information content (AvgIpc) is 3.18. The lowest BCUT2D eigenvalue weighted by Crippen LogP contribution is -2.39. The van der Waals surface area contributed by atoms with E-state index in [0.717, 1.165) is 54.5 Å². The molecule has 0 spiro atoms. The van der Waals surface area contributed by atoms with Crippen LogP contribution in [0.15, 0.2) is 59.8 Å². The first kappa shape index (κ1) is 19.8. The average molecular weight is 405 g/mol. The first-order valence-corrected chi connectivity index (χ1v) is 9.95. The summed E-state index contributed by atoms with van der Waals surface area (Å²) >= 11 is 0. The Hall–Kier alpha value is -3.52. The highest BCUT2D eigenvalue weighted by atomic mass is 16.6. The third-order valence-electron chi connectivity index (χ3n) is 5.51. The Balaban J connectivity index is 1.25. The second kappa shape index (κ2) is 8.87. The lowest BCUT2D eigenvalue weighted by molar-refractivity contribution is -0.384. The van der Waals surface area contributed by atoms with Crippen molar-refractivity contribution in [3.63, 3.8) is 0 Å². The van der Waals surface area contributed by atoms with Gasteiger partial charge in [0.05, 0.1) is 11.1 Å². The number of likely N-dealkylation sites (tertiary alicyclic amines) is 1. The van der Waals surface area contributed by atoms with Crippen LogP contribution in [0.4, 0.5) is 5.69 Å². The van der Waals surface area contributed by atoms with E-state index in [-0.39, 0.29) is 17.5 Å². The number of piperidine rings is 1. The smallest absolute Gasteiger partial charge is 0.269 e. The predicted octanol–water partition coefficient (Wildman–Crippen LogP) is 3.44. The number of rotatable bonds is 6. The molecule has 3 aromatic rings. The number of aromatic amines is 1. The summed E-state index contributed by atoms with van der Waals surface area (Å²) in [7, 11) is 0. The van der Waals surface area contributed by atoms with Gasteiger partial charge in [0.25, 0.3) is 5.69 Å². The van der Waals surface area contributed by atoms with Crippen LogP contribution in [0.25, 0.3) is 10.9 Å². The number of hydrogen-bond donors (Lipinski definition) is 2. The summed E-state index contributed by atoms with van der Waals surface area (Å²) in [6, 6.07) is 14.6. The molecule has 30 heavy (non-hydrogen) atoms. The number of hydrogen-bond acceptors (Lipinski definition) is 5. The van der Waals surface area contributed by atoms with Crippen molar-refractivity contribution in [3.8, 4) is 0 Å². The lowest BCUT2D eigenvalue weighted by Gasteiger charge is -2.30. The summed E-state index contributed by atoms with van der Waals surface area (Å²) in [5.74, 6) is -0.112. The third kappa shape index (κ3) is 4.55. The molecule has 0 unspecified atom stereocenters. The SMILES string of the molecule is O=C(N/N=C\c1c[nH]c2ccccc12)C1CCN(Cc2ccc([N+](=O)[O-])cc2)CC1. The number of hydrazone groups is 1. The zero-order valence-corrected chi connectivity index (χ0v) is 16.5. The molecule has 1 fully saturated rings. The van der Waals surface area contributed by atoms with Crippen molar-refractivity contribution in [1.29, 1.82) is 0 Å². The van der Waals surface area contributed by atoms with Gasteiger partial charge in [-0.25, -0.2) is 5.43 Å². The zero-order chi connectivity index (χ0) is 20.9. The van der Waals surface area contributed by atoms with Crippen LogP contribution < -0.4 is 5.43 Å². The monoisotopic (exact) mass is 405 g/mol. The number of H-pyrrole nitrogens is 1. The molecule has 1 aromatic heterocycles. The zero-order valence-electron chi connectivity index (χ0n) is 16.5.